The molecule has 0 radical (unpaired) electrons. The number of aryl methyl sites for hydroxylation is 1. The van der Waals surface area contributed by atoms with Gasteiger partial charge in [0, 0.05) is 23.7 Å². The van der Waals surface area contributed by atoms with E-state index in [9.17, 15) is 19.5 Å². The minimum atomic E-state index is -1.06. The molecule has 4 rings (SSSR count). The second kappa shape index (κ2) is 13.5. The van der Waals surface area contributed by atoms with E-state index in [1.165, 1.54) is 12.1 Å². The van der Waals surface area contributed by atoms with Crippen LogP contribution in [0, 0.1) is 19.3 Å². The summed E-state index contributed by atoms with van der Waals surface area (Å²) >= 11 is 0. The van der Waals surface area contributed by atoms with Crippen molar-refractivity contribution in [3.63, 3.8) is 0 Å². The maximum absolute atomic E-state index is 14.7. The largest absolute Gasteiger partial charge is 0.508 e. The van der Waals surface area contributed by atoms with Gasteiger partial charge in [-0.1, -0.05) is 54.5 Å². The highest BCUT2D eigenvalue weighted by Crippen LogP contribution is 2.36. The zero-order valence-electron chi connectivity index (χ0n) is 25.1. The number of carbonyl (C=O) groups excluding carboxylic acids is 3. The van der Waals surface area contributed by atoms with Crippen LogP contribution >= 0.6 is 0 Å². The number of rotatable bonds is 9. The number of phenolic OH excluding ortho intramolecular Hbond substituents is 1. The molecule has 224 valence electrons. The fourth-order valence-electron chi connectivity index (χ4n) is 5.08. The molecule has 0 saturated heterocycles. The summed E-state index contributed by atoms with van der Waals surface area (Å²) in [6.45, 7) is 7.12. The third-order valence-electron chi connectivity index (χ3n) is 7.43. The van der Waals surface area contributed by atoms with E-state index in [1.807, 2.05) is 31.2 Å². The van der Waals surface area contributed by atoms with E-state index >= 15 is 0 Å². The van der Waals surface area contributed by atoms with Crippen molar-refractivity contribution in [1.82, 2.24) is 10.2 Å². The van der Waals surface area contributed by atoms with Crippen LogP contribution in [0.25, 0.3) is 0 Å². The summed E-state index contributed by atoms with van der Waals surface area (Å²) in [6, 6.07) is 18.6. The lowest BCUT2D eigenvalue weighted by atomic mass is 9.86. The Kier molecular flexibility index (Phi) is 9.77. The Hall–Kier alpha value is -4.77. The Morgan fingerprint density at radius 1 is 1.02 bits per heavy atom. The van der Waals surface area contributed by atoms with Gasteiger partial charge < -0.3 is 25.4 Å². The number of benzene rings is 3. The monoisotopic (exact) mass is 581 g/mol. The van der Waals surface area contributed by atoms with E-state index in [0.717, 1.165) is 12.0 Å². The standard InChI is InChI=1S/C35H39N3O5/c1-6-25-13-8-9-16-28(25)31(32(40)36-29-17-10-7-12-23(29)2)38(26-14-11-15-26)33(41)30(37-34(42)43-35(3,4)5)22-24-18-20-27(39)21-19-24/h1,7-10,12-13,16-21,26,30-31,39H,11,14-15,22H2,2-5H3,(H,36,40)(H,37,42). The second-order valence-corrected chi connectivity index (χ2v) is 11.8. The minimum absolute atomic E-state index is 0.0849. The van der Waals surface area contributed by atoms with Gasteiger partial charge in [0.05, 0.1) is 0 Å². The van der Waals surface area contributed by atoms with Crippen molar-refractivity contribution in [1.29, 1.82) is 0 Å². The molecular formula is C35H39N3O5. The van der Waals surface area contributed by atoms with E-state index in [1.54, 1.807) is 62.1 Å². The van der Waals surface area contributed by atoms with Gasteiger partial charge in [0.25, 0.3) is 5.91 Å². The number of carbonyl (C=O) groups is 3. The van der Waals surface area contributed by atoms with Crippen molar-refractivity contribution >= 4 is 23.6 Å². The maximum atomic E-state index is 14.7. The number of nitrogens with zero attached hydrogens (tertiary/aromatic N) is 1. The lowest BCUT2D eigenvalue weighted by Crippen LogP contribution is -2.57. The van der Waals surface area contributed by atoms with Crippen LogP contribution in [-0.4, -0.2) is 45.6 Å². The molecule has 2 unspecified atom stereocenters. The molecule has 0 bridgehead atoms. The molecule has 8 nitrogen and oxygen atoms in total. The van der Waals surface area contributed by atoms with Gasteiger partial charge in [-0.15, -0.1) is 6.42 Å². The first-order valence-electron chi connectivity index (χ1n) is 14.5. The molecule has 2 atom stereocenters. The molecule has 1 aliphatic carbocycles. The summed E-state index contributed by atoms with van der Waals surface area (Å²) in [5, 5.41) is 15.6. The predicted molar refractivity (Wildman–Crippen MR) is 166 cm³/mol. The van der Waals surface area contributed by atoms with Crippen molar-refractivity contribution < 1.29 is 24.2 Å². The topological polar surface area (TPSA) is 108 Å². The number of hydrogen-bond acceptors (Lipinski definition) is 5. The van der Waals surface area contributed by atoms with Gasteiger partial charge in [0.15, 0.2) is 0 Å². The smallest absolute Gasteiger partial charge is 0.408 e. The first-order valence-corrected chi connectivity index (χ1v) is 14.5. The van der Waals surface area contributed by atoms with Crippen LogP contribution < -0.4 is 10.6 Å². The van der Waals surface area contributed by atoms with Crippen molar-refractivity contribution in [3.05, 3.63) is 95.1 Å². The highest BCUT2D eigenvalue weighted by atomic mass is 16.6. The molecule has 1 aliphatic rings. The molecule has 0 aliphatic heterocycles. The van der Waals surface area contributed by atoms with Gasteiger partial charge in [-0.05, 0) is 87.9 Å². The average Bonchev–Trinajstić information content (AvgIpc) is 2.92. The quantitative estimate of drug-likeness (QED) is 0.274. The number of ether oxygens (including phenoxy) is 1. The van der Waals surface area contributed by atoms with Crippen molar-refractivity contribution in [2.45, 2.75) is 77.1 Å². The average molecular weight is 582 g/mol. The SMILES string of the molecule is C#Cc1ccccc1C(C(=O)Nc1ccccc1C)N(C(=O)C(Cc1ccc(O)cc1)NC(=O)OC(C)(C)C)C1CCC1. The Labute approximate surface area is 253 Å². The van der Waals surface area contributed by atoms with Crippen LogP contribution in [0.3, 0.4) is 0 Å². The predicted octanol–water partition coefficient (Wildman–Crippen LogP) is 5.88. The number of aromatic hydroxyl groups is 1. The molecule has 3 amide bonds. The first-order chi connectivity index (χ1) is 20.5. The van der Waals surface area contributed by atoms with E-state index in [4.69, 9.17) is 11.2 Å². The number of terminal acetylenes is 1. The highest BCUT2D eigenvalue weighted by Gasteiger charge is 2.42. The number of anilines is 1. The number of alkyl carbamates (subject to hydrolysis) is 1. The number of nitrogens with one attached hydrogen (secondary N) is 2. The molecule has 3 N–H and O–H groups in total. The van der Waals surface area contributed by atoms with E-state index < -0.39 is 35.6 Å². The van der Waals surface area contributed by atoms with Gasteiger partial charge in [0.1, 0.15) is 23.4 Å². The maximum Gasteiger partial charge on any atom is 0.408 e. The summed E-state index contributed by atoms with van der Waals surface area (Å²) in [4.78, 5) is 43.5. The van der Waals surface area contributed by atoms with Crippen LogP contribution in [0.1, 0.15) is 68.3 Å². The minimum Gasteiger partial charge on any atom is -0.508 e. The van der Waals surface area contributed by atoms with Crippen LogP contribution in [0.4, 0.5) is 10.5 Å². The van der Waals surface area contributed by atoms with Crippen molar-refractivity contribution in [3.8, 4) is 18.1 Å². The van der Waals surface area contributed by atoms with Crippen LogP contribution in [0.5, 0.6) is 5.75 Å². The van der Waals surface area contributed by atoms with E-state index in [2.05, 4.69) is 16.6 Å². The summed E-state index contributed by atoms with van der Waals surface area (Å²) in [5.41, 5.74) is 2.45. The fraction of sp³-hybridized carbons (Fsp3) is 0.343. The lowest BCUT2D eigenvalue weighted by Gasteiger charge is -2.44. The number of phenols is 1. The number of amides is 3. The third kappa shape index (κ3) is 7.95. The van der Waals surface area contributed by atoms with E-state index in [0.29, 0.717) is 35.2 Å². The van der Waals surface area contributed by atoms with E-state index in [-0.39, 0.29) is 18.2 Å². The molecule has 0 spiro atoms. The molecule has 0 aromatic heterocycles. The Bertz CT molecular complexity index is 1500. The van der Waals surface area contributed by atoms with Crippen LogP contribution in [-0.2, 0) is 20.7 Å². The molecule has 0 heterocycles. The highest BCUT2D eigenvalue weighted by molar-refractivity contribution is 6.00. The molecular weight excluding hydrogens is 542 g/mol. The molecule has 8 heteroatoms. The Morgan fingerprint density at radius 2 is 1.67 bits per heavy atom. The first kappa shape index (κ1) is 31.2. The third-order valence-corrected chi connectivity index (χ3v) is 7.43. The normalized spacial score (nSPS) is 14.4. The van der Waals surface area contributed by atoms with Crippen LogP contribution in [0.15, 0.2) is 72.8 Å². The van der Waals surface area contributed by atoms with Gasteiger partial charge in [0.2, 0.25) is 5.91 Å². The second-order valence-electron chi connectivity index (χ2n) is 11.8. The molecule has 43 heavy (non-hydrogen) atoms. The zero-order chi connectivity index (χ0) is 31.1. The summed E-state index contributed by atoms with van der Waals surface area (Å²) < 4.78 is 5.51. The Balaban J connectivity index is 1.79. The fourth-order valence-corrected chi connectivity index (χ4v) is 5.08. The van der Waals surface area contributed by atoms with Gasteiger partial charge >= 0.3 is 6.09 Å². The van der Waals surface area contributed by atoms with Crippen molar-refractivity contribution in [2.75, 3.05) is 5.32 Å². The van der Waals surface area contributed by atoms with Gasteiger partial charge in [-0.2, -0.15) is 0 Å². The number of para-hydroxylation sites is 1. The van der Waals surface area contributed by atoms with Gasteiger partial charge in [-0.25, -0.2) is 4.79 Å². The molecule has 3 aromatic carbocycles. The van der Waals surface area contributed by atoms with Crippen molar-refractivity contribution in [2.24, 2.45) is 0 Å². The molecule has 1 saturated carbocycles. The zero-order valence-corrected chi connectivity index (χ0v) is 25.1. The van der Waals surface area contributed by atoms with Gasteiger partial charge in [-0.3, -0.25) is 9.59 Å². The number of hydrogen-bond donors (Lipinski definition) is 3. The summed E-state index contributed by atoms with van der Waals surface area (Å²) in [7, 11) is 0. The summed E-state index contributed by atoms with van der Waals surface area (Å²) in [5.74, 6) is 1.93. The molecule has 1 fully saturated rings. The molecule has 3 aromatic rings. The Morgan fingerprint density at radius 3 is 2.28 bits per heavy atom. The lowest BCUT2D eigenvalue weighted by molar-refractivity contribution is -0.145. The summed E-state index contributed by atoms with van der Waals surface area (Å²) in [6.07, 6.45) is 7.56. The van der Waals surface area contributed by atoms with Crippen LogP contribution in [0.2, 0.25) is 0 Å².